The first-order chi connectivity index (χ1) is 15.1. The number of nitrogens with one attached hydrogen (secondary N) is 1. The van der Waals surface area contributed by atoms with Crippen LogP contribution in [0.4, 0.5) is 11.5 Å². The van der Waals surface area contributed by atoms with Crippen LogP contribution >= 0.6 is 0 Å². The van der Waals surface area contributed by atoms with Crippen molar-refractivity contribution >= 4 is 23.2 Å². The van der Waals surface area contributed by atoms with E-state index >= 15 is 0 Å². The van der Waals surface area contributed by atoms with E-state index in [-0.39, 0.29) is 11.8 Å². The molecule has 0 bridgehead atoms. The van der Waals surface area contributed by atoms with E-state index in [0.29, 0.717) is 29.5 Å². The highest BCUT2D eigenvalue weighted by Crippen LogP contribution is 2.31. The van der Waals surface area contributed by atoms with Gasteiger partial charge in [-0.3, -0.25) is 4.79 Å². The number of nitrogens with zero attached hydrogens (tertiary/aromatic N) is 5. The van der Waals surface area contributed by atoms with Gasteiger partial charge in [0.15, 0.2) is 0 Å². The standard InChI is InChI=1S/C22H28N6O3/c1-4-6-16-11-20(28-22(25-16)23-14-24-28)27-10-5-7-15(13-27)21(29)26-18-9-8-17(30-2)12-19(18)31-3/h8-9,11-12,14-15H,4-7,10,13H2,1-3H3,(H,26,29)/t15-/m0/s1. The molecule has 3 aromatic rings. The summed E-state index contributed by atoms with van der Waals surface area (Å²) < 4.78 is 12.4. The van der Waals surface area contributed by atoms with Gasteiger partial charge >= 0.3 is 0 Å². The summed E-state index contributed by atoms with van der Waals surface area (Å²) in [6.07, 6.45) is 5.15. The van der Waals surface area contributed by atoms with Crippen LogP contribution in [0.2, 0.25) is 0 Å². The van der Waals surface area contributed by atoms with Crippen LogP contribution in [0.5, 0.6) is 11.5 Å². The second-order valence-corrected chi connectivity index (χ2v) is 7.67. The number of amides is 1. The molecule has 0 saturated carbocycles. The van der Waals surface area contributed by atoms with E-state index in [9.17, 15) is 4.79 Å². The number of carbonyl (C=O) groups is 1. The second-order valence-electron chi connectivity index (χ2n) is 7.67. The number of rotatable bonds is 7. The van der Waals surface area contributed by atoms with Crippen LogP contribution in [0.1, 0.15) is 31.9 Å². The van der Waals surface area contributed by atoms with Crippen molar-refractivity contribution in [3.05, 3.63) is 36.3 Å². The van der Waals surface area contributed by atoms with Gasteiger partial charge in [-0.05, 0) is 31.4 Å². The minimum absolute atomic E-state index is 0.0224. The predicted octanol–water partition coefficient (Wildman–Crippen LogP) is 2.95. The number of hydrogen-bond acceptors (Lipinski definition) is 7. The van der Waals surface area contributed by atoms with Gasteiger partial charge in [-0.1, -0.05) is 13.3 Å². The van der Waals surface area contributed by atoms with Crippen molar-refractivity contribution in [1.82, 2.24) is 19.6 Å². The van der Waals surface area contributed by atoms with Crippen molar-refractivity contribution in [1.29, 1.82) is 0 Å². The Kier molecular flexibility index (Phi) is 6.20. The maximum Gasteiger partial charge on any atom is 0.254 e. The fourth-order valence-electron chi connectivity index (χ4n) is 3.99. The first kappa shape index (κ1) is 20.9. The molecule has 1 aliphatic rings. The van der Waals surface area contributed by atoms with Crippen molar-refractivity contribution in [2.45, 2.75) is 32.6 Å². The Labute approximate surface area is 181 Å². The van der Waals surface area contributed by atoms with Crippen molar-refractivity contribution in [2.24, 2.45) is 5.92 Å². The Bertz CT molecular complexity index is 1070. The molecular formula is C22H28N6O3. The van der Waals surface area contributed by atoms with Gasteiger partial charge in [0.1, 0.15) is 23.6 Å². The fraction of sp³-hybridized carbons (Fsp3) is 0.455. The molecule has 164 valence electrons. The molecule has 2 aromatic heterocycles. The molecule has 1 fully saturated rings. The zero-order valence-electron chi connectivity index (χ0n) is 18.2. The molecule has 0 unspecified atom stereocenters. The predicted molar refractivity (Wildman–Crippen MR) is 118 cm³/mol. The van der Waals surface area contributed by atoms with E-state index in [1.54, 1.807) is 36.9 Å². The van der Waals surface area contributed by atoms with Gasteiger partial charge in [-0.15, -0.1) is 0 Å². The Balaban J connectivity index is 1.53. The Morgan fingerprint density at radius 1 is 1.26 bits per heavy atom. The van der Waals surface area contributed by atoms with Gasteiger partial charge in [-0.25, -0.2) is 4.98 Å². The lowest BCUT2D eigenvalue weighted by Crippen LogP contribution is -2.41. The topological polar surface area (TPSA) is 93.9 Å². The molecule has 1 amide bonds. The van der Waals surface area contributed by atoms with E-state index in [0.717, 1.165) is 43.7 Å². The Morgan fingerprint density at radius 3 is 2.90 bits per heavy atom. The molecule has 1 saturated heterocycles. The second kappa shape index (κ2) is 9.20. The van der Waals surface area contributed by atoms with E-state index < -0.39 is 0 Å². The molecular weight excluding hydrogens is 396 g/mol. The summed E-state index contributed by atoms with van der Waals surface area (Å²) in [4.78, 5) is 24.1. The molecule has 0 aliphatic carbocycles. The maximum atomic E-state index is 13.1. The number of carbonyl (C=O) groups excluding carboxylic acids is 1. The summed E-state index contributed by atoms with van der Waals surface area (Å²) >= 11 is 0. The third-order valence-corrected chi connectivity index (χ3v) is 5.57. The Hall–Kier alpha value is -3.36. The van der Waals surface area contributed by atoms with Crippen LogP contribution in [0.15, 0.2) is 30.6 Å². The molecule has 0 spiro atoms. The Morgan fingerprint density at radius 2 is 2.13 bits per heavy atom. The summed E-state index contributed by atoms with van der Waals surface area (Å²) in [6, 6.07) is 7.43. The van der Waals surface area contributed by atoms with Crippen molar-refractivity contribution in [2.75, 3.05) is 37.5 Å². The molecule has 9 nitrogen and oxygen atoms in total. The lowest BCUT2D eigenvalue weighted by Gasteiger charge is -2.33. The van der Waals surface area contributed by atoms with Crippen LogP contribution in [0.3, 0.4) is 0 Å². The quantitative estimate of drug-likeness (QED) is 0.623. The molecule has 9 heteroatoms. The average Bonchev–Trinajstić information content (AvgIpc) is 3.27. The molecule has 1 aromatic carbocycles. The number of methoxy groups -OCH3 is 2. The number of aromatic nitrogens is 4. The summed E-state index contributed by atoms with van der Waals surface area (Å²) in [5.74, 6) is 2.60. The molecule has 31 heavy (non-hydrogen) atoms. The first-order valence-electron chi connectivity index (χ1n) is 10.6. The van der Waals surface area contributed by atoms with Crippen molar-refractivity contribution < 1.29 is 14.3 Å². The molecule has 1 atom stereocenters. The average molecular weight is 425 g/mol. The van der Waals surface area contributed by atoms with Crippen LogP contribution in [-0.4, -0.2) is 52.8 Å². The maximum absolute atomic E-state index is 13.1. The van der Waals surface area contributed by atoms with Crippen LogP contribution in [0, 0.1) is 5.92 Å². The number of aryl methyl sites for hydroxylation is 1. The van der Waals surface area contributed by atoms with E-state index in [1.807, 2.05) is 0 Å². The SMILES string of the molecule is CCCc1cc(N2CCC[C@H](C(=O)Nc3ccc(OC)cc3OC)C2)n2ncnc2n1. The number of hydrogen-bond donors (Lipinski definition) is 1. The molecule has 4 rings (SSSR count). The van der Waals surface area contributed by atoms with Gasteiger partial charge in [-0.2, -0.15) is 14.6 Å². The highest BCUT2D eigenvalue weighted by Gasteiger charge is 2.28. The molecule has 1 aliphatic heterocycles. The third kappa shape index (κ3) is 4.40. The van der Waals surface area contributed by atoms with Crippen molar-refractivity contribution in [3.8, 4) is 11.5 Å². The minimum Gasteiger partial charge on any atom is -0.497 e. The van der Waals surface area contributed by atoms with Gasteiger partial charge in [0.25, 0.3) is 5.78 Å². The summed E-state index contributed by atoms with van der Waals surface area (Å²) in [7, 11) is 3.17. The number of fused-ring (bicyclic) bond motifs is 1. The van der Waals surface area contributed by atoms with Gasteiger partial charge in [0, 0.05) is 30.9 Å². The lowest BCUT2D eigenvalue weighted by atomic mass is 9.97. The fourth-order valence-corrected chi connectivity index (χ4v) is 3.99. The minimum atomic E-state index is -0.151. The highest BCUT2D eigenvalue weighted by molar-refractivity contribution is 5.94. The van der Waals surface area contributed by atoms with Crippen LogP contribution in [0.25, 0.3) is 5.78 Å². The number of benzene rings is 1. The first-order valence-corrected chi connectivity index (χ1v) is 10.6. The number of piperidine rings is 1. The summed E-state index contributed by atoms with van der Waals surface area (Å²) in [6.45, 7) is 3.60. The largest absolute Gasteiger partial charge is 0.497 e. The normalized spacial score (nSPS) is 16.4. The highest BCUT2D eigenvalue weighted by atomic mass is 16.5. The van der Waals surface area contributed by atoms with Crippen LogP contribution in [-0.2, 0) is 11.2 Å². The monoisotopic (exact) mass is 424 g/mol. The number of ether oxygens (including phenoxy) is 2. The van der Waals surface area contributed by atoms with Crippen LogP contribution < -0.4 is 19.7 Å². The summed E-state index contributed by atoms with van der Waals surface area (Å²) in [5.41, 5.74) is 1.63. The van der Waals surface area contributed by atoms with Gasteiger partial charge < -0.3 is 19.7 Å². The smallest absolute Gasteiger partial charge is 0.254 e. The molecule has 0 radical (unpaired) electrons. The summed E-state index contributed by atoms with van der Waals surface area (Å²) in [5, 5.41) is 7.37. The van der Waals surface area contributed by atoms with Gasteiger partial charge in [0.2, 0.25) is 5.91 Å². The molecule has 1 N–H and O–H groups in total. The van der Waals surface area contributed by atoms with E-state index in [4.69, 9.17) is 9.47 Å². The zero-order chi connectivity index (χ0) is 21.8. The van der Waals surface area contributed by atoms with E-state index in [2.05, 4.69) is 38.3 Å². The third-order valence-electron chi connectivity index (χ3n) is 5.57. The van der Waals surface area contributed by atoms with Crippen molar-refractivity contribution in [3.63, 3.8) is 0 Å². The zero-order valence-corrected chi connectivity index (χ0v) is 18.2. The lowest BCUT2D eigenvalue weighted by molar-refractivity contribution is -0.120. The molecule has 3 heterocycles. The number of anilines is 2. The van der Waals surface area contributed by atoms with E-state index in [1.165, 1.54) is 6.33 Å². The van der Waals surface area contributed by atoms with Gasteiger partial charge in [0.05, 0.1) is 25.8 Å².